The normalized spacial score (nSPS) is 11.6. The molecule has 0 fully saturated rings. The molecule has 0 saturated carbocycles. The lowest BCUT2D eigenvalue weighted by molar-refractivity contribution is 0.498. The third kappa shape index (κ3) is 3.05. The highest BCUT2D eigenvalue weighted by atomic mass is 35.5. The molecule has 0 spiro atoms. The average Bonchev–Trinajstić information content (AvgIpc) is 2.77. The first-order valence-corrected chi connectivity index (χ1v) is 6.35. The van der Waals surface area contributed by atoms with Crippen molar-refractivity contribution in [1.29, 1.82) is 0 Å². The number of hydrogen-bond donors (Lipinski definition) is 1. The Morgan fingerprint density at radius 2 is 2.11 bits per heavy atom. The summed E-state index contributed by atoms with van der Waals surface area (Å²) in [7, 11) is 0. The van der Waals surface area contributed by atoms with Gasteiger partial charge in [-0.25, -0.2) is 4.98 Å². The van der Waals surface area contributed by atoms with Crippen LogP contribution in [0.1, 0.15) is 26.5 Å². The second-order valence-electron chi connectivity index (χ2n) is 5.31. The molecule has 3 nitrogen and oxygen atoms in total. The zero-order chi connectivity index (χ0) is 13.2. The van der Waals surface area contributed by atoms with Gasteiger partial charge < -0.3 is 9.88 Å². The smallest absolute Gasteiger partial charge is 0.0922 e. The van der Waals surface area contributed by atoms with Crippen LogP contribution < -0.4 is 4.90 Å². The van der Waals surface area contributed by atoms with E-state index in [-0.39, 0.29) is 5.54 Å². The number of nitrogens with one attached hydrogen (secondary N) is 1. The highest BCUT2D eigenvalue weighted by molar-refractivity contribution is 6.30. The second-order valence-corrected chi connectivity index (χ2v) is 5.75. The van der Waals surface area contributed by atoms with Crippen molar-refractivity contribution in [2.45, 2.75) is 32.9 Å². The number of nitrogens with zero attached hydrogens (tertiary/aromatic N) is 2. The summed E-state index contributed by atoms with van der Waals surface area (Å²) >= 11 is 6.07. The topological polar surface area (TPSA) is 31.9 Å². The van der Waals surface area contributed by atoms with Crippen molar-refractivity contribution in [3.05, 3.63) is 47.5 Å². The van der Waals surface area contributed by atoms with Crippen LogP contribution in [0.2, 0.25) is 5.02 Å². The molecule has 2 aromatic rings. The van der Waals surface area contributed by atoms with E-state index in [1.165, 1.54) is 0 Å². The molecule has 0 aliphatic heterocycles. The Morgan fingerprint density at radius 1 is 1.33 bits per heavy atom. The minimum atomic E-state index is 0.00971. The van der Waals surface area contributed by atoms with Gasteiger partial charge in [0, 0.05) is 22.4 Å². The Hall–Kier alpha value is -1.48. The number of halogens is 1. The molecule has 4 heteroatoms. The largest absolute Gasteiger partial charge is 0.361 e. The van der Waals surface area contributed by atoms with Crippen LogP contribution in [0.25, 0.3) is 0 Å². The molecular weight excluding hydrogens is 246 g/mol. The summed E-state index contributed by atoms with van der Waals surface area (Å²) in [5.74, 6) is 0. The number of hydrogen-bond acceptors (Lipinski definition) is 2. The molecule has 1 aromatic heterocycles. The number of aromatic amines is 1. The Bertz CT molecular complexity index is 500. The first-order chi connectivity index (χ1) is 8.47. The van der Waals surface area contributed by atoms with E-state index in [9.17, 15) is 0 Å². The minimum Gasteiger partial charge on any atom is -0.361 e. The Kier molecular flexibility index (Phi) is 3.62. The van der Waals surface area contributed by atoms with E-state index in [2.05, 4.69) is 41.7 Å². The highest BCUT2D eigenvalue weighted by Crippen LogP contribution is 2.27. The van der Waals surface area contributed by atoms with Crippen molar-refractivity contribution >= 4 is 17.3 Å². The van der Waals surface area contributed by atoms with Crippen LogP contribution >= 0.6 is 11.6 Å². The van der Waals surface area contributed by atoms with Gasteiger partial charge in [0.05, 0.1) is 18.6 Å². The zero-order valence-electron chi connectivity index (χ0n) is 10.9. The van der Waals surface area contributed by atoms with Crippen LogP contribution in [0.4, 0.5) is 5.69 Å². The average molecular weight is 264 g/mol. The second kappa shape index (κ2) is 5.02. The molecule has 0 unspecified atom stereocenters. The number of benzene rings is 1. The summed E-state index contributed by atoms with van der Waals surface area (Å²) in [6.45, 7) is 7.34. The van der Waals surface area contributed by atoms with Gasteiger partial charge in [-0.1, -0.05) is 17.7 Å². The number of H-pyrrole nitrogens is 1. The van der Waals surface area contributed by atoms with Gasteiger partial charge in [0.1, 0.15) is 0 Å². The van der Waals surface area contributed by atoms with E-state index in [4.69, 9.17) is 11.6 Å². The third-order valence-electron chi connectivity index (χ3n) is 2.81. The molecule has 0 aliphatic carbocycles. The summed E-state index contributed by atoms with van der Waals surface area (Å²) in [6, 6.07) is 7.93. The van der Waals surface area contributed by atoms with E-state index in [1.54, 1.807) is 6.33 Å². The van der Waals surface area contributed by atoms with Gasteiger partial charge in [0.15, 0.2) is 0 Å². The highest BCUT2D eigenvalue weighted by Gasteiger charge is 2.22. The van der Waals surface area contributed by atoms with Gasteiger partial charge in [-0.2, -0.15) is 0 Å². The number of rotatable bonds is 3. The summed E-state index contributed by atoms with van der Waals surface area (Å²) in [6.07, 6.45) is 3.55. The van der Waals surface area contributed by atoms with Crippen LogP contribution in [0, 0.1) is 0 Å². The fourth-order valence-electron chi connectivity index (χ4n) is 1.90. The maximum Gasteiger partial charge on any atom is 0.0922 e. The van der Waals surface area contributed by atoms with Crippen molar-refractivity contribution in [3.63, 3.8) is 0 Å². The van der Waals surface area contributed by atoms with Crippen LogP contribution in [0.3, 0.4) is 0 Å². The van der Waals surface area contributed by atoms with Crippen molar-refractivity contribution in [1.82, 2.24) is 9.97 Å². The molecule has 0 atom stereocenters. The third-order valence-corrected chi connectivity index (χ3v) is 3.05. The molecule has 18 heavy (non-hydrogen) atoms. The zero-order valence-corrected chi connectivity index (χ0v) is 11.7. The molecule has 1 heterocycles. The predicted molar refractivity (Wildman–Crippen MR) is 76.0 cm³/mol. The standard InChI is InChI=1S/C14H18ClN3/c1-14(2,3)18(9-12-8-16-10-17-12)13-6-4-5-11(15)7-13/h4-8,10H,9H2,1-3H3,(H,16,17). The Morgan fingerprint density at radius 3 is 2.67 bits per heavy atom. The van der Waals surface area contributed by atoms with Crippen molar-refractivity contribution in [2.75, 3.05) is 4.90 Å². The van der Waals surface area contributed by atoms with Gasteiger partial charge in [0.25, 0.3) is 0 Å². The maximum absolute atomic E-state index is 6.07. The van der Waals surface area contributed by atoms with Crippen molar-refractivity contribution in [3.8, 4) is 0 Å². The van der Waals surface area contributed by atoms with Crippen LogP contribution in [0.15, 0.2) is 36.8 Å². The minimum absolute atomic E-state index is 0.00971. The van der Waals surface area contributed by atoms with Crippen LogP contribution in [-0.4, -0.2) is 15.5 Å². The van der Waals surface area contributed by atoms with Crippen molar-refractivity contribution in [2.24, 2.45) is 0 Å². The fourth-order valence-corrected chi connectivity index (χ4v) is 2.09. The summed E-state index contributed by atoms with van der Waals surface area (Å²) in [5, 5.41) is 0.756. The van der Waals surface area contributed by atoms with Crippen molar-refractivity contribution < 1.29 is 0 Å². The summed E-state index contributed by atoms with van der Waals surface area (Å²) in [4.78, 5) is 9.50. The summed E-state index contributed by atoms with van der Waals surface area (Å²) in [5.41, 5.74) is 2.21. The first kappa shape index (κ1) is 13.0. The first-order valence-electron chi connectivity index (χ1n) is 5.97. The van der Waals surface area contributed by atoms with E-state index in [1.807, 2.05) is 24.4 Å². The molecular formula is C14H18ClN3. The fraction of sp³-hybridized carbons (Fsp3) is 0.357. The monoisotopic (exact) mass is 263 g/mol. The van der Waals surface area contributed by atoms with Gasteiger partial charge >= 0.3 is 0 Å². The molecule has 96 valence electrons. The van der Waals surface area contributed by atoms with Gasteiger partial charge in [0.2, 0.25) is 0 Å². The molecule has 1 N–H and O–H groups in total. The van der Waals surface area contributed by atoms with Crippen LogP contribution in [0.5, 0.6) is 0 Å². The lowest BCUT2D eigenvalue weighted by Gasteiger charge is -2.37. The molecule has 0 bridgehead atoms. The van der Waals surface area contributed by atoms with Gasteiger partial charge in [-0.15, -0.1) is 0 Å². The molecule has 0 saturated heterocycles. The van der Waals surface area contributed by atoms with E-state index in [0.717, 1.165) is 22.9 Å². The number of imidazole rings is 1. The van der Waals surface area contributed by atoms with E-state index < -0.39 is 0 Å². The van der Waals surface area contributed by atoms with Gasteiger partial charge in [-0.3, -0.25) is 0 Å². The SMILES string of the molecule is CC(C)(C)N(Cc1cnc[nH]1)c1cccc(Cl)c1. The Labute approximate surface area is 113 Å². The Balaban J connectivity index is 2.31. The molecule has 1 aromatic carbocycles. The van der Waals surface area contributed by atoms with Crippen LogP contribution in [-0.2, 0) is 6.54 Å². The van der Waals surface area contributed by atoms with Gasteiger partial charge in [-0.05, 0) is 39.0 Å². The number of aromatic nitrogens is 2. The molecule has 0 radical (unpaired) electrons. The molecule has 0 aliphatic rings. The van der Waals surface area contributed by atoms with E-state index in [0.29, 0.717) is 0 Å². The lowest BCUT2D eigenvalue weighted by atomic mass is 10.0. The lowest BCUT2D eigenvalue weighted by Crippen LogP contribution is -2.41. The quantitative estimate of drug-likeness (QED) is 0.912. The number of anilines is 1. The molecule has 0 amide bonds. The van der Waals surface area contributed by atoms with E-state index >= 15 is 0 Å². The summed E-state index contributed by atoms with van der Waals surface area (Å²) < 4.78 is 0. The molecule has 2 rings (SSSR count). The predicted octanol–water partition coefficient (Wildman–Crippen LogP) is 3.87. The maximum atomic E-state index is 6.07.